The lowest BCUT2D eigenvalue weighted by Crippen LogP contribution is -2.49. The number of hydrogen-bond donors (Lipinski definition) is 1. The lowest BCUT2D eigenvalue weighted by Gasteiger charge is -2.44. The highest BCUT2D eigenvalue weighted by Crippen LogP contribution is 2.51. The van der Waals surface area contributed by atoms with Crippen LogP contribution in [-0.2, 0) is 21.6 Å². The average Bonchev–Trinajstić information content (AvgIpc) is 3.27. The van der Waals surface area contributed by atoms with Crippen LogP contribution in [0.15, 0.2) is 60.7 Å². The minimum atomic E-state index is -1.05. The van der Waals surface area contributed by atoms with Crippen LogP contribution in [-0.4, -0.2) is 48.6 Å². The number of carbonyl (C=O) groups excluding carboxylic acids is 2. The Morgan fingerprint density at radius 1 is 1.00 bits per heavy atom. The number of aliphatic hydroxyl groups is 1. The minimum absolute atomic E-state index is 0.0363. The summed E-state index contributed by atoms with van der Waals surface area (Å²) in [5.74, 6) is 1.81. The highest BCUT2D eigenvalue weighted by molar-refractivity contribution is 6.30. The summed E-state index contributed by atoms with van der Waals surface area (Å²) in [6.45, 7) is 7.22. The molecule has 1 N–H and O–H groups in total. The summed E-state index contributed by atoms with van der Waals surface area (Å²) in [6, 6.07) is 18.9. The maximum absolute atomic E-state index is 13.9. The van der Waals surface area contributed by atoms with Crippen molar-refractivity contribution in [2.45, 2.75) is 57.8 Å². The maximum atomic E-state index is 13.9. The summed E-state index contributed by atoms with van der Waals surface area (Å²) in [7, 11) is 1.61. The van der Waals surface area contributed by atoms with E-state index in [1.807, 2.05) is 91.2 Å². The first-order valence-corrected chi connectivity index (χ1v) is 15.5. The van der Waals surface area contributed by atoms with Crippen LogP contribution in [0.3, 0.4) is 0 Å². The van der Waals surface area contributed by atoms with Gasteiger partial charge in [0.25, 0.3) is 0 Å². The summed E-state index contributed by atoms with van der Waals surface area (Å²) in [6.07, 6.45) is 3.14. The number of ether oxygens (including phenoxy) is 2. The molecule has 2 bridgehead atoms. The molecule has 3 aromatic carbocycles. The molecule has 1 saturated carbocycles. The van der Waals surface area contributed by atoms with Gasteiger partial charge in [0.05, 0.1) is 31.3 Å². The van der Waals surface area contributed by atoms with E-state index in [4.69, 9.17) is 21.1 Å². The van der Waals surface area contributed by atoms with Crippen molar-refractivity contribution in [1.29, 1.82) is 0 Å². The number of methoxy groups -OCH3 is 1. The van der Waals surface area contributed by atoms with Gasteiger partial charge in [-0.25, -0.2) is 0 Å². The molecule has 1 saturated heterocycles. The van der Waals surface area contributed by atoms with Crippen LogP contribution >= 0.6 is 11.6 Å². The van der Waals surface area contributed by atoms with Gasteiger partial charge in [0.2, 0.25) is 12.3 Å². The SMILES string of the molecule is COc1cc2c(cc1OC(C)C)C(c1ccc(Cl)cc1)N(c1ccc(C(C)(O)C3C4CCC3CN(C=O)C4)cc1)C(=O)C2. The number of carbonyl (C=O) groups is 2. The molecule has 3 aromatic rings. The molecule has 0 radical (unpaired) electrons. The number of amides is 2. The monoisotopic (exact) mass is 602 g/mol. The van der Waals surface area contributed by atoms with Crippen molar-refractivity contribution < 1.29 is 24.2 Å². The molecule has 1 aliphatic carbocycles. The number of benzene rings is 3. The van der Waals surface area contributed by atoms with Crippen molar-refractivity contribution in [2.75, 3.05) is 25.1 Å². The van der Waals surface area contributed by atoms with E-state index in [1.54, 1.807) is 7.11 Å². The van der Waals surface area contributed by atoms with Gasteiger partial charge in [-0.05, 0) is 104 Å². The van der Waals surface area contributed by atoms with E-state index in [-0.39, 0.29) is 36.2 Å². The van der Waals surface area contributed by atoms with Crippen LogP contribution < -0.4 is 14.4 Å². The second-order valence-electron chi connectivity index (χ2n) is 12.6. The Hall–Kier alpha value is -3.55. The Morgan fingerprint density at radius 3 is 2.23 bits per heavy atom. The summed E-state index contributed by atoms with van der Waals surface area (Å²) in [5, 5.41) is 12.5. The number of rotatable bonds is 8. The van der Waals surface area contributed by atoms with Gasteiger partial charge in [-0.15, -0.1) is 0 Å². The van der Waals surface area contributed by atoms with Crippen LogP contribution in [0.25, 0.3) is 0 Å². The lowest BCUT2D eigenvalue weighted by atomic mass is 9.71. The molecule has 43 heavy (non-hydrogen) atoms. The van der Waals surface area contributed by atoms with Crippen molar-refractivity contribution in [3.63, 3.8) is 0 Å². The normalized spacial score (nSPS) is 24.5. The Labute approximate surface area is 258 Å². The quantitative estimate of drug-likeness (QED) is 0.314. The predicted molar refractivity (Wildman–Crippen MR) is 167 cm³/mol. The molecule has 2 fully saturated rings. The smallest absolute Gasteiger partial charge is 0.232 e. The number of likely N-dealkylation sites (tertiary alicyclic amines) is 1. The van der Waals surface area contributed by atoms with Crippen molar-refractivity contribution >= 4 is 29.6 Å². The van der Waals surface area contributed by atoms with E-state index >= 15 is 0 Å². The van der Waals surface area contributed by atoms with Crippen molar-refractivity contribution in [3.05, 3.63) is 87.9 Å². The van der Waals surface area contributed by atoms with E-state index in [0.29, 0.717) is 29.6 Å². The molecule has 8 heteroatoms. The number of halogens is 1. The zero-order valence-electron chi connectivity index (χ0n) is 25.1. The number of fused-ring (bicyclic) bond motifs is 3. The minimum Gasteiger partial charge on any atom is -0.493 e. The molecule has 226 valence electrons. The Balaban J connectivity index is 1.38. The fourth-order valence-electron chi connectivity index (χ4n) is 7.74. The van der Waals surface area contributed by atoms with Crippen LogP contribution in [0.2, 0.25) is 5.02 Å². The summed E-state index contributed by atoms with van der Waals surface area (Å²) >= 11 is 6.26. The molecule has 0 spiro atoms. The van der Waals surface area contributed by atoms with Gasteiger partial charge in [0.15, 0.2) is 11.5 Å². The molecule has 7 nitrogen and oxygen atoms in total. The average molecular weight is 603 g/mol. The summed E-state index contributed by atoms with van der Waals surface area (Å²) in [5.41, 5.74) is 3.30. The van der Waals surface area contributed by atoms with Crippen LogP contribution in [0.4, 0.5) is 5.69 Å². The van der Waals surface area contributed by atoms with E-state index in [1.165, 1.54) is 0 Å². The number of hydrogen-bond acceptors (Lipinski definition) is 5. The van der Waals surface area contributed by atoms with Gasteiger partial charge in [0, 0.05) is 29.7 Å². The molecule has 2 amide bonds. The number of anilines is 1. The first-order chi connectivity index (χ1) is 20.6. The lowest BCUT2D eigenvalue weighted by molar-refractivity contribution is -0.125. The highest BCUT2D eigenvalue weighted by atomic mass is 35.5. The third-order valence-corrected chi connectivity index (χ3v) is 9.78. The summed E-state index contributed by atoms with van der Waals surface area (Å²) < 4.78 is 11.8. The fourth-order valence-corrected chi connectivity index (χ4v) is 7.87. The molecule has 3 aliphatic rings. The second-order valence-corrected chi connectivity index (χ2v) is 13.1. The first-order valence-electron chi connectivity index (χ1n) is 15.1. The molecule has 4 atom stereocenters. The van der Waals surface area contributed by atoms with Crippen molar-refractivity contribution in [3.8, 4) is 11.5 Å². The third kappa shape index (κ3) is 5.38. The molecule has 0 aromatic heterocycles. The highest BCUT2D eigenvalue weighted by Gasteiger charge is 2.50. The van der Waals surface area contributed by atoms with Crippen LogP contribution in [0, 0.1) is 17.8 Å². The fraction of sp³-hybridized carbons (Fsp3) is 0.429. The molecular formula is C35H39ClN2O5. The van der Waals surface area contributed by atoms with Gasteiger partial charge >= 0.3 is 0 Å². The Bertz CT molecular complexity index is 1490. The molecule has 2 heterocycles. The largest absolute Gasteiger partial charge is 0.493 e. The first kappa shape index (κ1) is 29.5. The molecule has 2 aliphatic heterocycles. The number of piperidine rings is 1. The molecular weight excluding hydrogens is 564 g/mol. The van der Waals surface area contributed by atoms with E-state index in [0.717, 1.165) is 47.2 Å². The maximum Gasteiger partial charge on any atom is 0.232 e. The van der Waals surface area contributed by atoms with E-state index in [2.05, 4.69) is 0 Å². The zero-order valence-corrected chi connectivity index (χ0v) is 25.9. The Morgan fingerprint density at radius 2 is 1.65 bits per heavy atom. The van der Waals surface area contributed by atoms with Crippen LogP contribution in [0.5, 0.6) is 11.5 Å². The van der Waals surface area contributed by atoms with Gasteiger partial charge < -0.3 is 24.4 Å². The standard InChI is InChI=1S/C35H39ClN2O5/c1-21(2)43-31-17-29-25(15-30(31)42-4)16-32(40)38(34(29)22-7-11-27(36)12-8-22)28-13-9-26(10-14-28)35(3,41)33-23-5-6-24(33)19-37(18-23)20-39/h7-15,17,20-21,23-24,33-34,41H,5-6,16,18-19H2,1-4H3. The topological polar surface area (TPSA) is 79.3 Å². The predicted octanol–water partition coefficient (Wildman–Crippen LogP) is 6.14. The van der Waals surface area contributed by atoms with Crippen molar-refractivity contribution in [2.24, 2.45) is 17.8 Å². The molecule has 4 unspecified atom stereocenters. The summed E-state index contributed by atoms with van der Waals surface area (Å²) in [4.78, 5) is 29.0. The van der Waals surface area contributed by atoms with E-state index < -0.39 is 11.6 Å². The van der Waals surface area contributed by atoms with Crippen molar-refractivity contribution in [1.82, 2.24) is 4.90 Å². The number of nitrogens with zero attached hydrogens (tertiary/aromatic N) is 2. The van der Waals surface area contributed by atoms with Gasteiger partial charge in [-0.1, -0.05) is 35.9 Å². The Kier molecular flexibility index (Phi) is 7.90. The van der Waals surface area contributed by atoms with Gasteiger partial charge in [-0.2, -0.15) is 0 Å². The second kappa shape index (κ2) is 11.5. The van der Waals surface area contributed by atoms with Gasteiger partial charge in [-0.3, -0.25) is 9.59 Å². The van der Waals surface area contributed by atoms with E-state index in [9.17, 15) is 14.7 Å². The van der Waals surface area contributed by atoms with Crippen LogP contribution in [0.1, 0.15) is 61.9 Å². The van der Waals surface area contributed by atoms with Gasteiger partial charge in [0.1, 0.15) is 0 Å². The molecule has 6 rings (SSSR count). The third-order valence-electron chi connectivity index (χ3n) is 9.53. The zero-order chi connectivity index (χ0) is 30.5.